The fourth-order valence-electron chi connectivity index (χ4n) is 4.50. The van der Waals surface area contributed by atoms with Crippen molar-refractivity contribution in [3.63, 3.8) is 0 Å². The fourth-order valence-corrected chi connectivity index (χ4v) is 7.42. The Morgan fingerprint density at radius 1 is 1.05 bits per heavy atom. The Hall–Kier alpha value is -3.34. The Morgan fingerprint density at radius 3 is 2.43 bits per heavy atom. The molecule has 0 bridgehead atoms. The highest BCUT2D eigenvalue weighted by atomic mass is 32.2. The van der Waals surface area contributed by atoms with Gasteiger partial charge in [-0.25, -0.2) is 0 Å². The number of ether oxygens (including phenoxy) is 1. The molecule has 0 N–H and O–H groups in total. The van der Waals surface area contributed by atoms with Crippen LogP contribution >= 0.6 is 35.3 Å². The number of hydrogen-bond acceptors (Lipinski definition) is 7. The first kappa shape index (κ1) is 25.3. The molecule has 3 aromatic rings. The molecule has 0 spiro atoms. The Labute approximate surface area is 228 Å². The van der Waals surface area contributed by atoms with Crippen LogP contribution in [0.3, 0.4) is 0 Å². The van der Waals surface area contributed by atoms with Gasteiger partial charge in [0.25, 0.3) is 11.5 Å². The van der Waals surface area contributed by atoms with E-state index in [1.807, 2.05) is 55.5 Å². The van der Waals surface area contributed by atoms with Gasteiger partial charge in [-0.1, -0.05) is 36.0 Å². The Kier molecular flexibility index (Phi) is 6.98. The molecule has 1 aromatic heterocycles. The first-order valence-corrected chi connectivity index (χ1v) is 13.9. The highest BCUT2D eigenvalue weighted by molar-refractivity contribution is 8.08. The van der Waals surface area contributed by atoms with Gasteiger partial charge >= 0.3 is 0 Å². The summed E-state index contributed by atoms with van der Waals surface area (Å²) in [6.45, 7) is 9.19. The summed E-state index contributed by atoms with van der Waals surface area (Å²) >= 11 is 8.62. The minimum atomic E-state index is -0.216. The minimum absolute atomic E-state index is 0.158. The number of methoxy groups -OCH3 is 1. The smallest absolute Gasteiger partial charge is 0.280 e. The zero-order valence-corrected chi connectivity index (χ0v) is 23.2. The van der Waals surface area contributed by atoms with E-state index >= 15 is 0 Å². The quantitative estimate of drug-likeness (QED) is 0.344. The van der Waals surface area contributed by atoms with Crippen molar-refractivity contribution in [3.05, 3.63) is 80.7 Å². The molecule has 37 heavy (non-hydrogen) atoms. The van der Waals surface area contributed by atoms with E-state index < -0.39 is 0 Å². The third kappa shape index (κ3) is 4.09. The molecule has 1 fully saturated rings. The van der Waals surface area contributed by atoms with Crippen LogP contribution in [0.1, 0.15) is 13.8 Å². The summed E-state index contributed by atoms with van der Waals surface area (Å²) in [5, 5.41) is 1.25. The summed E-state index contributed by atoms with van der Waals surface area (Å²) in [5.41, 5.74) is 2.01. The van der Waals surface area contributed by atoms with E-state index in [0.29, 0.717) is 33.1 Å². The first-order valence-electron chi connectivity index (χ1n) is 11.9. The van der Waals surface area contributed by atoms with Gasteiger partial charge in [0, 0.05) is 36.3 Å². The number of thiocarbonyl (C=S) groups is 1. The van der Waals surface area contributed by atoms with Gasteiger partial charge in [0.05, 0.1) is 12.8 Å². The number of aromatic nitrogens is 1. The molecule has 0 saturated carbocycles. The molecule has 1 amide bonds. The van der Waals surface area contributed by atoms with Crippen LogP contribution in [0.5, 0.6) is 5.75 Å². The summed E-state index contributed by atoms with van der Waals surface area (Å²) in [7, 11) is 1.64. The number of allylic oxidation sites excluding steroid dienone is 1. The number of para-hydroxylation sites is 1. The Balaban J connectivity index is 1.83. The number of anilines is 2. The number of thioether (sulfide) groups is 1. The zero-order chi connectivity index (χ0) is 26.3. The van der Waals surface area contributed by atoms with E-state index in [2.05, 4.69) is 18.4 Å². The predicted molar refractivity (Wildman–Crippen MR) is 156 cm³/mol. The van der Waals surface area contributed by atoms with Crippen LogP contribution in [-0.4, -0.2) is 40.7 Å². The van der Waals surface area contributed by atoms with Crippen molar-refractivity contribution < 1.29 is 9.53 Å². The van der Waals surface area contributed by atoms with Crippen LogP contribution in [0.2, 0.25) is 0 Å². The van der Waals surface area contributed by atoms with E-state index in [4.69, 9.17) is 17.0 Å². The highest BCUT2D eigenvalue weighted by Crippen LogP contribution is 2.47. The van der Waals surface area contributed by atoms with Crippen LogP contribution in [-0.2, 0) is 11.3 Å². The van der Waals surface area contributed by atoms with Crippen molar-refractivity contribution in [2.75, 3.05) is 30.0 Å². The molecule has 0 atom stereocenters. The SMILES string of the molecule is C=CCn1c(=O)/c(=C2\Sc3ccc(OC)cc3N2CC)s/c1=C1\C(=O)N(CC)C(=S)N1c1ccccc1. The van der Waals surface area contributed by atoms with Crippen LogP contribution in [0, 0.1) is 0 Å². The average molecular weight is 551 g/mol. The van der Waals surface area contributed by atoms with E-state index in [-0.39, 0.29) is 18.0 Å². The lowest BCUT2D eigenvalue weighted by atomic mass is 10.2. The molecule has 2 aliphatic rings. The molecule has 5 rings (SSSR count). The lowest BCUT2D eigenvalue weighted by molar-refractivity contribution is -0.120. The van der Waals surface area contributed by atoms with Crippen molar-refractivity contribution in [3.8, 4) is 5.75 Å². The molecule has 10 heteroatoms. The van der Waals surface area contributed by atoms with Crippen molar-refractivity contribution in [2.24, 2.45) is 0 Å². The summed E-state index contributed by atoms with van der Waals surface area (Å²) in [6, 6.07) is 15.5. The van der Waals surface area contributed by atoms with Gasteiger partial charge in [0.1, 0.15) is 25.7 Å². The first-order chi connectivity index (χ1) is 17.9. The van der Waals surface area contributed by atoms with Gasteiger partial charge in [-0.3, -0.25) is 24.0 Å². The zero-order valence-electron chi connectivity index (χ0n) is 20.8. The van der Waals surface area contributed by atoms with E-state index in [0.717, 1.165) is 27.0 Å². The number of fused-ring (bicyclic) bond motifs is 1. The van der Waals surface area contributed by atoms with E-state index in [1.165, 1.54) is 11.3 Å². The number of carbonyl (C=O) groups is 1. The van der Waals surface area contributed by atoms with Crippen molar-refractivity contribution in [2.45, 2.75) is 25.3 Å². The number of benzene rings is 2. The summed E-state index contributed by atoms with van der Waals surface area (Å²) in [6.07, 6.45) is 1.67. The number of rotatable bonds is 6. The van der Waals surface area contributed by atoms with Crippen LogP contribution in [0.25, 0.3) is 10.7 Å². The maximum absolute atomic E-state index is 13.9. The lowest BCUT2D eigenvalue weighted by Gasteiger charge is -2.19. The van der Waals surface area contributed by atoms with Crippen LogP contribution < -0.4 is 29.3 Å². The molecule has 2 aromatic carbocycles. The summed E-state index contributed by atoms with van der Waals surface area (Å²) in [4.78, 5) is 34.1. The van der Waals surface area contributed by atoms with Gasteiger partial charge in [0.15, 0.2) is 5.11 Å². The van der Waals surface area contributed by atoms with Crippen LogP contribution in [0.15, 0.2) is 70.9 Å². The number of carbonyl (C=O) groups excluding carboxylic acids is 1. The monoisotopic (exact) mass is 550 g/mol. The second-order valence-electron chi connectivity index (χ2n) is 8.28. The summed E-state index contributed by atoms with van der Waals surface area (Å²) in [5.74, 6) is 0.542. The Morgan fingerprint density at radius 2 is 1.78 bits per heavy atom. The van der Waals surface area contributed by atoms with Gasteiger partial charge in [-0.2, -0.15) is 0 Å². The molecule has 190 valence electrons. The van der Waals surface area contributed by atoms with Gasteiger partial charge in [-0.05, 0) is 50.3 Å². The number of hydrogen-bond donors (Lipinski definition) is 0. The fraction of sp³-hybridized carbons (Fsp3) is 0.222. The third-order valence-electron chi connectivity index (χ3n) is 6.24. The molecular formula is C27H26N4O3S3. The third-order valence-corrected chi connectivity index (χ3v) is 9.14. The molecule has 2 aliphatic heterocycles. The number of likely N-dealkylation sites (N-methyl/N-ethyl adjacent to an activating group) is 1. The van der Waals surface area contributed by atoms with Gasteiger partial charge in [0.2, 0.25) is 0 Å². The van der Waals surface area contributed by atoms with E-state index in [1.54, 1.807) is 39.3 Å². The summed E-state index contributed by atoms with van der Waals surface area (Å²) < 4.78 is 8.20. The molecule has 7 nitrogen and oxygen atoms in total. The van der Waals surface area contributed by atoms with Gasteiger partial charge < -0.3 is 9.64 Å². The maximum atomic E-state index is 13.9. The minimum Gasteiger partial charge on any atom is -0.497 e. The normalized spacial score (nSPS) is 18.1. The van der Waals surface area contributed by atoms with Gasteiger partial charge in [-0.15, -0.1) is 17.9 Å². The highest BCUT2D eigenvalue weighted by Gasteiger charge is 2.40. The largest absolute Gasteiger partial charge is 0.497 e. The topological polar surface area (TPSA) is 58.0 Å². The second-order valence-corrected chi connectivity index (χ2v) is 10.7. The number of thiazole rings is 1. The predicted octanol–water partition coefficient (Wildman–Crippen LogP) is 3.56. The van der Waals surface area contributed by atoms with Crippen molar-refractivity contribution >= 4 is 68.4 Å². The Bertz CT molecular complexity index is 1590. The number of amides is 1. The number of nitrogens with zero attached hydrogens (tertiary/aromatic N) is 4. The second kappa shape index (κ2) is 10.2. The molecule has 1 saturated heterocycles. The maximum Gasteiger partial charge on any atom is 0.280 e. The molecule has 0 radical (unpaired) electrons. The molecule has 3 heterocycles. The standard InChI is InChI=1S/C27H26N4O3S3/c1-5-15-30-24(33)22(26-28(6-2)19-16-18(34-4)13-14-20(19)36-26)37-25(30)21-23(32)29(7-3)27(35)31(21)17-11-9-8-10-12-17/h5,8-14,16H,1,6-7,15H2,2-4H3/b25-21+,26-22+. The molecule has 0 aliphatic carbocycles. The molecular weight excluding hydrogens is 525 g/mol. The average Bonchev–Trinajstić information content (AvgIpc) is 3.52. The van der Waals surface area contributed by atoms with E-state index in [9.17, 15) is 9.59 Å². The van der Waals surface area contributed by atoms with Crippen LogP contribution in [0.4, 0.5) is 11.4 Å². The van der Waals surface area contributed by atoms with Crippen molar-refractivity contribution in [1.29, 1.82) is 0 Å². The lowest BCUT2D eigenvalue weighted by Crippen LogP contribution is -2.36. The van der Waals surface area contributed by atoms with Crippen molar-refractivity contribution in [1.82, 2.24) is 9.47 Å². The molecule has 0 unspecified atom stereocenters.